The third-order valence-corrected chi connectivity index (χ3v) is 5.90. The zero-order valence-electron chi connectivity index (χ0n) is 19.9. The van der Waals surface area contributed by atoms with Gasteiger partial charge in [0.15, 0.2) is 0 Å². The van der Waals surface area contributed by atoms with Crippen LogP contribution < -0.4 is 15.6 Å². The molecular formula is C28H23BrN4O3. The summed E-state index contributed by atoms with van der Waals surface area (Å²) in [6, 6.07) is 21.5. The molecule has 0 aliphatic carbocycles. The lowest BCUT2D eigenvalue weighted by Crippen LogP contribution is -2.20. The van der Waals surface area contributed by atoms with Gasteiger partial charge in [0.2, 0.25) is 5.88 Å². The molecule has 0 radical (unpaired) electrons. The van der Waals surface area contributed by atoms with Crippen molar-refractivity contribution in [1.82, 2.24) is 9.38 Å². The lowest BCUT2D eigenvalue weighted by Gasteiger charge is -2.19. The molecule has 0 aliphatic rings. The molecule has 0 saturated heterocycles. The van der Waals surface area contributed by atoms with Gasteiger partial charge >= 0.3 is 0 Å². The molecule has 7 nitrogen and oxygen atoms in total. The molecule has 0 spiro atoms. The Bertz CT molecular complexity index is 1580. The maximum atomic E-state index is 13.4. The summed E-state index contributed by atoms with van der Waals surface area (Å²) < 4.78 is 8.12. The van der Waals surface area contributed by atoms with Crippen molar-refractivity contribution < 1.29 is 9.53 Å². The van der Waals surface area contributed by atoms with Crippen molar-refractivity contribution in [3.05, 3.63) is 104 Å². The van der Waals surface area contributed by atoms with E-state index in [2.05, 4.69) is 47.0 Å². The molecule has 0 aliphatic heterocycles. The van der Waals surface area contributed by atoms with Crippen LogP contribution in [0.25, 0.3) is 11.7 Å². The Hall–Kier alpha value is -4.22. The number of hydrogen-bond acceptors (Lipinski definition) is 5. The molecule has 180 valence electrons. The maximum Gasteiger partial charge on any atom is 0.269 e. The van der Waals surface area contributed by atoms with E-state index in [1.54, 1.807) is 54.7 Å². The van der Waals surface area contributed by atoms with E-state index in [0.29, 0.717) is 17.1 Å². The van der Waals surface area contributed by atoms with Crippen LogP contribution in [0.4, 0.5) is 5.69 Å². The van der Waals surface area contributed by atoms with Crippen molar-refractivity contribution in [3.8, 4) is 17.7 Å². The zero-order valence-corrected chi connectivity index (χ0v) is 21.5. The van der Waals surface area contributed by atoms with Crippen LogP contribution in [-0.2, 0) is 10.2 Å². The minimum Gasteiger partial charge on any atom is -0.438 e. The van der Waals surface area contributed by atoms with Crippen molar-refractivity contribution >= 4 is 39.2 Å². The summed E-state index contributed by atoms with van der Waals surface area (Å²) in [5, 5.41) is 12.4. The van der Waals surface area contributed by atoms with Crippen LogP contribution in [0.2, 0.25) is 0 Å². The van der Waals surface area contributed by atoms with E-state index >= 15 is 0 Å². The summed E-state index contributed by atoms with van der Waals surface area (Å²) in [7, 11) is 0. The van der Waals surface area contributed by atoms with Gasteiger partial charge in [-0.25, -0.2) is 0 Å². The van der Waals surface area contributed by atoms with Crippen LogP contribution in [0, 0.1) is 11.3 Å². The first-order valence-electron chi connectivity index (χ1n) is 11.1. The highest BCUT2D eigenvalue weighted by atomic mass is 79.9. The number of carbonyl (C=O) groups is 1. The Balaban J connectivity index is 1.77. The number of amides is 1. The van der Waals surface area contributed by atoms with Gasteiger partial charge in [-0.15, -0.1) is 0 Å². The van der Waals surface area contributed by atoms with Gasteiger partial charge in [0.05, 0.1) is 0 Å². The number of carbonyl (C=O) groups excluding carboxylic acids is 1. The number of ether oxygens (including phenoxy) is 1. The fourth-order valence-electron chi connectivity index (χ4n) is 3.48. The first-order chi connectivity index (χ1) is 17.2. The van der Waals surface area contributed by atoms with Gasteiger partial charge in [-0.05, 0) is 59.5 Å². The summed E-state index contributed by atoms with van der Waals surface area (Å²) >= 11 is 3.35. The Morgan fingerprint density at radius 1 is 1.11 bits per heavy atom. The largest absolute Gasteiger partial charge is 0.438 e. The number of fused-ring (bicyclic) bond motifs is 1. The van der Waals surface area contributed by atoms with Crippen LogP contribution in [0.5, 0.6) is 11.6 Å². The van der Waals surface area contributed by atoms with Crippen molar-refractivity contribution in [2.24, 2.45) is 0 Å². The van der Waals surface area contributed by atoms with Gasteiger partial charge in [0, 0.05) is 16.4 Å². The minimum atomic E-state index is -0.659. The standard InChI is InChI=1S/C28H23BrN4O3/c1-28(2,3)19-10-12-22(13-11-19)36-26-23(27(35)33-14-5-4-9-24(33)32-26)15-18(17-30)25(34)31-21-8-6-7-20(29)16-21/h4-16H,1-3H3,(H,31,34)/b18-15-. The molecular weight excluding hydrogens is 520 g/mol. The normalized spacial score (nSPS) is 11.7. The Morgan fingerprint density at radius 3 is 2.53 bits per heavy atom. The molecule has 2 aromatic carbocycles. The molecule has 4 rings (SSSR count). The average Bonchev–Trinajstić information content (AvgIpc) is 2.84. The molecule has 1 amide bonds. The minimum absolute atomic E-state index is 0.00212. The first-order valence-corrected chi connectivity index (χ1v) is 11.9. The van der Waals surface area contributed by atoms with Gasteiger partial charge in [-0.1, -0.05) is 61.0 Å². The van der Waals surface area contributed by atoms with Crippen molar-refractivity contribution in [2.45, 2.75) is 26.2 Å². The van der Waals surface area contributed by atoms with Crippen LogP contribution >= 0.6 is 15.9 Å². The fraction of sp³-hybridized carbons (Fsp3) is 0.143. The first kappa shape index (κ1) is 24.9. The van der Waals surface area contributed by atoms with E-state index in [1.807, 2.05) is 24.3 Å². The monoisotopic (exact) mass is 542 g/mol. The van der Waals surface area contributed by atoms with E-state index in [9.17, 15) is 14.9 Å². The molecule has 0 bridgehead atoms. The SMILES string of the molecule is CC(C)(C)c1ccc(Oc2nc3ccccn3c(=O)c2/C=C(/C#N)C(=O)Nc2cccc(Br)c2)cc1. The molecule has 36 heavy (non-hydrogen) atoms. The predicted octanol–water partition coefficient (Wildman–Crippen LogP) is 6.09. The second-order valence-corrected chi connectivity index (χ2v) is 9.99. The quantitative estimate of drug-likeness (QED) is 0.243. The van der Waals surface area contributed by atoms with Crippen LogP contribution in [0.1, 0.15) is 31.9 Å². The highest BCUT2D eigenvalue weighted by Gasteiger charge is 2.18. The van der Waals surface area contributed by atoms with E-state index in [4.69, 9.17) is 4.74 Å². The average molecular weight is 543 g/mol. The molecule has 0 fully saturated rings. The molecule has 0 saturated carbocycles. The van der Waals surface area contributed by atoms with Crippen molar-refractivity contribution in [3.63, 3.8) is 0 Å². The lowest BCUT2D eigenvalue weighted by atomic mass is 9.87. The number of benzene rings is 2. The number of nitrogens with one attached hydrogen (secondary N) is 1. The fourth-order valence-corrected chi connectivity index (χ4v) is 3.88. The van der Waals surface area contributed by atoms with Crippen molar-refractivity contribution in [2.75, 3.05) is 5.32 Å². The van der Waals surface area contributed by atoms with Crippen LogP contribution in [-0.4, -0.2) is 15.3 Å². The number of nitrogens with zero attached hydrogens (tertiary/aromatic N) is 3. The van der Waals surface area contributed by atoms with E-state index in [-0.39, 0.29) is 22.4 Å². The van der Waals surface area contributed by atoms with Gasteiger partial charge in [-0.3, -0.25) is 14.0 Å². The number of nitriles is 1. The van der Waals surface area contributed by atoms with Gasteiger partial charge in [-0.2, -0.15) is 10.2 Å². The third kappa shape index (κ3) is 5.53. The number of halogens is 1. The number of rotatable bonds is 5. The molecule has 1 N–H and O–H groups in total. The third-order valence-electron chi connectivity index (χ3n) is 5.41. The molecule has 2 heterocycles. The second kappa shape index (κ2) is 10.2. The number of hydrogen-bond donors (Lipinski definition) is 1. The highest BCUT2D eigenvalue weighted by Crippen LogP contribution is 2.28. The van der Waals surface area contributed by atoms with Gasteiger partial charge in [0.1, 0.15) is 28.6 Å². The smallest absolute Gasteiger partial charge is 0.269 e. The highest BCUT2D eigenvalue weighted by molar-refractivity contribution is 9.10. The van der Waals surface area contributed by atoms with Crippen LogP contribution in [0.15, 0.2) is 87.8 Å². The van der Waals surface area contributed by atoms with Gasteiger partial charge < -0.3 is 10.1 Å². The van der Waals surface area contributed by atoms with E-state index in [0.717, 1.165) is 10.0 Å². The molecule has 0 atom stereocenters. The van der Waals surface area contributed by atoms with E-state index in [1.165, 1.54) is 10.5 Å². The molecule has 8 heteroatoms. The van der Waals surface area contributed by atoms with Crippen LogP contribution in [0.3, 0.4) is 0 Å². The Labute approximate surface area is 216 Å². The lowest BCUT2D eigenvalue weighted by molar-refractivity contribution is -0.112. The van der Waals surface area contributed by atoms with E-state index < -0.39 is 11.5 Å². The topological polar surface area (TPSA) is 96.5 Å². The Kier molecular flexibility index (Phi) is 7.04. The van der Waals surface area contributed by atoms with Gasteiger partial charge in [0.25, 0.3) is 11.5 Å². The second-order valence-electron chi connectivity index (χ2n) is 9.08. The molecule has 2 aromatic heterocycles. The molecule has 4 aromatic rings. The summed E-state index contributed by atoms with van der Waals surface area (Å²) in [6.45, 7) is 6.33. The predicted molar refractivity (Wildman–Crippen MR) is 143 cm³/mol. The van der Waals surface area contributed by atoms with Crippen molar-refractivity contribution in [1.29, 1.82) is 5.26 Å². The zero-order chi connectivity index (χ0) is 25.9. The summed E-state index contributed by atoms with van der Waals surface area (Å²) in [4.78, 5) is 30.7. The maximum absolute atomic E-state index is 13.4. The summed E-state index contributed by atoms with van der Waals surface area (Å²) in [5.74, 6) is -0.187. The Morgan fingerprint density at radius 2 is 1.86 bits per heavy atom. The summed E-state index contributed by atoms with van der Waals surface area (Å²) in [6.07, 6.45) is 2.78. The molecule has 0 unspecified atom stereocenters. The number of aromatic nitrogens is 2. The number of anilines is 1. The summed E-state index contributed by atoms with van der Waals surface area (Å²) in [5.41, 5.74) is 1.22. The number of pyridine rings is 1.